The van der Waals surface area contributed by atoms with Gasteiger partial charge >= 0.3 is 0 Å². The van der Waals surface area contributed by atoms with Crippen LogP contribution in [0.15, 0.2) is 6.07 Å². The summed E-state index contributed by atoms with van der Waals surface area (Å²) in [7, 11) is 0. The van der Waals surface area contributed by atoms with E-state index in [0.717, 1.165) is 0 Å². The summed E-state index contributed by atoms with van der Waals surface area (Å²) in [6.45, 7) is 3.99. The molecule has 0 atom stereocenters. The number of aldehydes is 1. The average Bonchev–Trinajstić information content (AvgIpc) is 2.27. The van der Waals surface area contributed by atoms with Crippen molar-refractivity contribution in [3.63, 3.8) is 0 Å². The molecule has 0 fully saturated rings. The van der Waals surface area contributed by atoms with Gasteiger partial charge in [0, 0.05) is 5.56 Å². The highest BCUT2D eigenvalue weighted by molar-refractivity contribution is 6.33. The second kappa shape index (κ2) is 4.20. The zero-order chi connectivity index (χ0) is 12.6. The maximum Gasteiger partial charge on any atom is 0.173 e. The second-order valence-electron chi connectivity index (χ2n) is 4.35. The number of hydrogen-bond donors (Lipinski definition) is 1. The smallest absolute Gasteiger partial charge is 0.173 e. The van der Waals surface area contributed by atoms with Crippen LogP contribution in [0.5, 0.6) is 11.5 Å². The van der Waals surface area contributed by atoms with E-state index in [1.165, 1.54) is 0 Å². The van der Waals surface area contributed by atoms with Crippen LogP contribution in [0, 0.1) is 0 Å². The lowest BCUT2D eigenvalue weighted by molar-refractivity contribution is 0.0700. The highest BCUT2D eigenvalue weighted by Crippen LogP contribution is 2.44. The maximum absolute atomic E-state index is 11.0. The van der Waals surface area contributed by atoms with E-state index in [1.807, 2.05) is 0 Å². The van der Waals surface area contributed by atoms with E-state index in [2.05, 4.69) is 0 Å². The molecule has 1 N–H and O–H groups in total. The molecule has 4 nitrogen and oxygen atoms in total. The van der Waals surface area contributed by atoms with Gasteiger partial charge in [-0.2, -0.15) is 0 Å². The van der Waals surface area contributed by atoms with Crippen LogP contribution in [-0.2, 0) is 5.60 Å². The van der Waals surface area contributed by atoms with Crippen molar-refractivity contribution in [2.45, 2.75) is 19.4 Å². The first kappa shape index (κ1) is 12.2. The van der Waals surface area contributed by atoms with Crippen molar-refractivity contribution in [3.05, 3.63) is 22.2 Å². The maximum atomic E-state index is 11.0. The number of carbonyl (C=O) groups excluding carboxylic acids is 1. The third-order valence-electron chi connectivity index (χ3n) is 2.58. The number of halogens is 1. The Morgan fingerprint density at radius 3 is 2.47 bits per heavy atom. The Morgan fingerprint density at radius 2 is 1.94 bits per heavy atom. The average molecular weight is 257 g/mol. The third kappa shape index (κ3) is 2.10. The standard InChI is InChI=1S/C12H13ClO4/c1-12(2,15)8-5-9(13)7(6-14)10-11(8)17-4-3-16-10/h5-6,15H,3-4H2,1-2H3. The van der Waals surface area contributed by atoms with Gasteiger partial charge in [-0.05, 0) is 19.9 Å². The van der Waals surface area contributed by atoms with Crippen LogP contribution in [0.2, 0.25) is 5.02 Å². The number of fused-ring (bicyclic) bond motifs is 1. The number of ether oxygens (including phenoxy) is 2. The molecule has 92 valence electrons. The van der Waals surface area contributed by atoms with Gasteiger partial charge in [-0.3, -0.25) is 4.79 Å². The third-order valence-corrected chi connectivity index (χ3v) is 2.89. The minimum atomic E-state index is -1.12. The summed E-state index contributed by atoms with van der Waals surface area (Å²) in [5.74, 6) is 0.714. The van der Waals surface area contributed by atoms with Crippen LogP contribution in [0.25, 0.3) is 0 Å². The van der Waals surface area contributed by atoms with Crippen molar-refractivity contribution in [1.29, 1.82) is 0 Å². The minimum Gasteiger partial charge on any atom is -0.486 e. The molecule has 1 aliphatic rings. The largest absolute Gasteiger partial charge is 0.486 e. The number of rotatable bonds is 2. The highest BCUT2D eigenvalue weighted by Gasteiger charge is 2.29. The fourth-order valence-corrected chi connectivity index (χ4v) is 2.00. The van der Waals surface area contributed by atoms with Crippen LogP contribution in [0.3, 0.4) is 0 Å². The van der Waals surface area contributed by atoms with E-state index >= 15 is 0 Å². The van der Waals surface area contributed by atoms with E-state index in [0.29, 0.717) is 36.6 Å². The summed E-state index contributed by atoms with van der Waals surface area (Å²) in [6, 6.07) is 1.54. The first-order chi connectivity index (χ1) is 7.95. The van der Waals surface area contributed by atoms with Crippen LogP contribution in [0.4, 0.5) is 0 Å². The van der Waals surface area contributed by atoms with E-state index < -0.39 is 5.60 Å². The van der Waals surface area contributed by atoms with Gasteiger partial charge in [0.15, 0.2) is 17.8 Å². The predicted molar refractivity (Wildman–Crippen MR) is 63.1 cm³/mol. The van der Waals surface area contributed by atoms with Gasteiger partial charge in [0.2, 0.25) is 0 Å². The molecular weight excluding hydrogens is 244 g/mol. The minimum absolute atomic E-state index is 0.251. The number of aliphatic hydroxyl groups is 1. The lowest BCUT2D eigenvalue weighted by atomic mass is 9.95. The number of carbonyl (C=O) groups is 1. The molecule has 2 rings (SSSR count). The highest BCUT2D eigenvalue weighted by atomic mass is 35.5. The van der Waals surface area contributed by atoms with Crippen LogP contribution in [-0.4, -0.2) is 24.6 Å². The molecule has 1 heterocycles. The monoisotopic (exact) mass is 256 g/mol. The van der Waals surface area contributed by atoms with E-state index in [9.17, 15) is 9.90 Å². The summed E-state index contributed by atoms with van der Waals surface area (Å²) in [5.41, 5.74) is -0.340. The lowest BCUT2D eigenvalue weighted by Gasteiger charge is -2.27. The zero-order valence-corrected chi connectivity index (χ0v) is 10.4. The molecule has 5 heteroatoms. The lowest BCUT2D eigenvalue weighted by Crippen LogP contribution is -2.23. The van der Waals surface area contributed by atoms with Gasteiger partial charge in [0.1, 0.15) is 13.2 Å². The van der Waals surface area contributed by atoms with Gasteiger partial charge in [0.25, 0.3) is 0 Å². The van der Waals surface area contributed by atoms with Gasteiger partial charge < -0.3 is 14.6 Å². The van der Waals surface area contributed by atoms with Crippen molar-refractivity contribution in [3.8, 4) is 11.5 Å². The molecule has 0 radical (unpaired) electrons. The van der Waals surface area contributed by atoms with Crippen molar-refractivity contribution >= 4 is 17.9 Å². The van der Waals surface area contributed by atoms with Crippen molar-refractivity contribution in [2.75, 3.05) is 13.2 Å². The van der Waals surface area contributed by atoms with Crippen molar-refractivity contribution in [2.24, 2.45) is 0 Å². The Bertz CT molecular complexity index is 463. The Balaban J connectivity index is 2.71. The molecule has 0 aliphatic carbocycles. The van der Waals surface area contributed by atoms with Crippen molar-refractivity contribution < 1.29 is 19.4 Å². The zero-order valence-electron chi connectivity index (χ0n) is 9.62. The molecular formula is C12H13ClO4. The molecule has 0 saturated heterocycles. The van der Waals surface area contributed by atoms with Crippen LogP contribution in [0.1, 0.15) is 29.8 Å². The summed E-state index contributed by atoms with van der Waals surface area (Å²) in [5, 5.41) is 10.3. The second-order valence-corrected chi connectivity index (χ2v) is 4.76. The predicted octanol–water partition coefficient (Wildman–Crippen LogP) is 2.15. The molecule has 1 aromatic rings. The Kier molecular flexibility index (Phi) is 3.02. The fraction of sp³-hybridized carbons (Fsp3) is 0.417. The fourth-order valence-electron chi connectivity index (χ4n) is 1.76. The number of benzene rings is 1. The molecule has 0 bridgehead atoms. The molecule has 1 aliphatic heterocycles. The normalized spacial score (nSPS) is 14.6. The van der Waals surface area contributed by atoms with Gasteiger partial charge in [-0.1, -0.05) is 11.6 Å². The molecule has 0 unspecified atom stereocenters. The number of hydrogen-bond acceptors (Lipinski definition) is 4. The van der Waals surface area contributed by atoms with Crippen LogP contribution < -0.4 is 9.47 Å². The molecule has 0 amide bonds. The summed E-state index contributed by atoms with van der Waals surface area (Å²) in [4.78, 5) is 11.0. The van der Waals surface area contributed by atoms with Crippen molar-refractivity contribution in [1.82, 2.24) is 0 Å². The SMILES string of the molecule is CC(C)(O)c1cc(Cl)c(C=O)c2c1OCCO2. The van der Waals surface area contributed by atoms with E-state index in [1.54, 1.807) is 19.9 Å². The summed E-state index contributed by atoms with van der Waals surface area (Å²) >= 11 is 5.99. The van der Waals surface area contributed by atoms with Gasteiger partial charge in [0.05, 0.1) is 16.2 Å². The van der Waals surface area contributed by atoms with E-state index in [-0.39, 0.29) is 10.6 Å². The van der Waals surface area contributed by atoms with Gasteiger partial charge in [-0.15, -0.1) is 0 Å². The summed E-state index contributed by atoms with van der Waals surface area (Å²) in [6.07, 6.45) is 0.629. The van der Waals surface area contributed by atoms with E-state index in [4.69, 9.17) is 21.1 Å². The van der Waals surface area contributed by atoms with Gasteiger partial charge in [-0.25, -0.2) is 0 Å². The Morgan fingerprint density at radius 1 is 1.35 bits per heavy atom. The molecule has 1 aromatic carbocycles. The first-order valence-electron chi connectivity index (χ1n) is 5.25. The molecule has 17 heavy (non-hydrogen) atoms. The van der Waals surface area contributed by atoms with Crippen LogP contribution >= 0.6 is 11.6 Å². The first-order valence-corrected chi connectivity index (χ1v) is 5.63. The quantitative estimate of drug-likeness (QED) is 0.824. The molecule has 0 saturated carbocycles. The molecule has 0 aromatic heterocycles. The Hall–Kier alpha value is -1.26. The molecule has 0 spiro atoms. The Labute approximate surface area is 104 Å². The summed E-state index contributed by atoms with van der Waals surface area (Å²) < 4.78 is 10.9. The topological polar surface area (TPSA) is 55.8 Å².